The number of benzene rings is 1. The first-order valence-electron chi connectivity index (χ1n) is 5.40. The van der Waals surface area contributed by atoms with Crippen LogP contribution >= 0.6 is 0 Å². The Kier molecular flexibility index (Phi) is 3.42. The first-order valence-corrected chi connectivity index (χ1v) is 5.40. The monoisotopic (exact) mass is 270 g/mol. The number of hydrogen-bond donors (Lipinski definition) is 0. The van der Waals surface area contributed by atoms with Crippen LogP contribution in [-0.2, 0) is 6.54 Å². The summed E-state index contributed by atoms with van der Waals surface area (Å²) in [5.41, 5.74) is 0.160. The van der Waals surface area contributed by atoms with Crippen LogP contribution in [0.2, 0.25) is 0 Å². The van der Waals surface area contributed by atoms with Gasteiger partial charge in [-0.1, -0.05) is 6.58 Å². The van der Waals surface area contributed by atoms with Gasteiger partial charge in [0.1, 0.15) is 5.84 Å². The molecule has 6 heteroatoms. The van der Waals surface area contributed by atoms with Gasteiger partial charge in [0.25, 0.3) is 0 Å². The highest BCUT2D eigenvalue weighted by Crippen LogP contribution is 2.21. The summed E-state index contributed by atoms with van der Waals surface area (Å²) in [7, 11) is 0. The van der Waals surface area contributed by atoms with Crippen molar-refractivity contribution < 1.29 is 17.6 Å². The van der Waals surface area contributed by atoms with Crippen LogP contribution in [0.4, 0.5) is 17.6 Å². The van der Waals surface area contributed by atoms with E-state index in [1.54, 1.807) is 6.92 Å². The SMILES string of the molecule is C=C1N=C(C)N(Cc2cc(F)c(F)c(F)c2)C=C1F. The Morgan fingerprint density at radius 1 is 1.16 bits per heavy atom. The highest BCUT2D eigenvalue weighted by atomic mass is 19.2. The van der Waals surface area contributed by atoms with Crippen molar-refractivity contribution in [3.05, 3.63) is 59.5 Å². The smallest absolute Gasteiger partial charge is 0.194 e. The number of amidine groups is 1. The summed E-state index contributed by atoms with van der Waals surface area (Å²) in [4.78, 5) is 5.20. The lowest BCUT2D eigenvalue weighted by atomic mass is 10.2. The standard InChI is InChI=1S/C13H10F4N2/c1-7-12(16)6-19(8(2)18-7)5-9-3-10(14)13(17)11(15)4-9/h3-4,6H,1,5H2,2H3. The maximum Gasteiger partial charge on any atom is 0.194 e. The maximum absolute atomic E-state index is 13.3. The normalized spacial score (nSPS) is 15.4. The molecule has 1 aliphatic rings. The van der Waals surface area contributed by atoms with Crippen LogP contribution in [0, 0.1) is 17.5 Å². The summed E-state index contributed by atoms with van der Waals surface area (Å²) in [5.74, 6) is -4.29. The largest absolute Gasteiger partial charge is 0.329 e. The topological polar surface area (TPSA) is 15.6 Å². The Morgan fingerprint density at radius 2 is 1.74 bits per heavy atom. The Labute approximate surface area is 107 Å². The third-order valence-electron chi connectivity index (χ3n) is 2.65. The van der Waals surface area contributed by atoms with Crippen molar-refractivity contribution in [1.82, 2.24) is 4.90 Å². The van der Waals surface area contributed by atoms with Gasteiger partial charge in [-0.15, -0.1) is 0 Å². The predicted molar refractivity (Wildman–Crippen MR) is 63.3 cm³/mol. The first-order chi connectivity index (χ1) is 8.88. The molecule has 1 heterocycles. The average Bonchev–Trinajstić information content (AvgIpc) is 2.33. The van der Waals surface area contributed by atoms with Gasteiger partial charge in [-0.2, -0.15) is 0 Å². The van der Waals surface area contributed by atoms with Crippen molar-refractivity contribution in [2.75, 3.05) is 0 Å². The number of allylic oxidation sites excluding steroid dienone is 1. The van der Waals surface area contributed by atoms with E-state index in [4.69, 9.17) is 0 Å². The summed E-state index contributed by atoms with van der Waals surface area (Å²) < 4.78 is 52.3. The quantitative estimate of drug-likeness (QED) is 0.591. The van der Waals surface area contributed by atoms with Crippen molar-refractivity contribution in [1.29, 1.82) is 0 Å². The van der Waals surface area contributed by atoms with E-state index >= 15 is 0 Å². The second kappa shape index (κ2) is 4.87. The fraction of sp³-hybridized carbons (Fsp3) is 0.154. The third-order valence-corrected chi connectivity index (χ3v) is 2.65. The summed E-state index contributed by atoms with van der Waals surface area (Å²) in [6.07, 6.45) is 1.13. The van der Waals surface area contributed by atoms with Gasteiger partial charge in [0.05, 0.1) is 5.70 Å². The molecule has 0 N–H and O–H groups in total. The van der Waals surface area contributed by atoms with E-state index in [1.165, 1.54) is 4.90 Å². The Bertz CT molecular complexity index is 582. The molecule has 2 nitrogen and oxygen atoms in total. The van der Waals surface area contributed by atoms with Crippen molar-refractivity contribution in [2.45, 2.75) is 13.5 Å². The molecule has 0 aliphatic carbocycles. The lowest BCUT2D eigenvalue weighted by molar-refractivity contribution is 0.439. The van der Waals surface area contributed by atoms with Gasteiger partial charge in [0, 0.05) is 12.7 Å². The Hall–Kier alpha value is -2.11. The third kappa shape index (κ3) is 2.67. The molecule has 0 bridgehead atoms. The van der Waals surface area contributed by atoms with Crippen LogP contribution < -0.4 is 0 Å². The van der Waals surface area contributed by atoms with E-state index in [1.807, 2.05) is 0 Å². The maximum atomic E-state index is 13.3. The highest BCUT2D eigenvalue weighted by Gasteiger charge is 2.17. The second-order valence-corrected chi connectivity index (χ2v) is 4.08. The molecular weight excluding hydrogens is 260 g/mol. The van der Waals surface area contributed by atoms with E-state index in [0.717, 1.165) is 18.3 Å². The van der Waals surface area contributed by atoms with Crippen LogP contribution in [-0.4, -0.2) is 10.7 Å². The number of hydrogen-bond acceptors (Lipinski definition) is 2. The minimum absolute atomic E-state index is 0.00906. The zero-order valence-electron chi connectivity index (χ0n) is 10.1. The molecule has 2 rings (SSSR count). The molecule has 0 fully saturated rings. The highest BCUT2D eigenvalue weighted by molar-refractivity contribution is 5.83. The molecule has 0 spiro atoms. The Morgan fingerprint density at radius 3 is 2.32 bits per heavy atom. The van der Waals surface area contributed by atoms with E-state index in [-0.39, 0.29) is 17.8 Å². The molecule has 0 amide bonds. The van der Waals surface area contributed by atoms with E-state index in [9.17, 15) is 17.6 Å². The number of rotatable bonds is 2. The van der Waals surface area contributed by atoms with Crippen molar-refractivity contribution in [3.8, 4) is 0 Å². The van der Waals surface area contributed by atoms with Gasteiger partial charge in [-0.25, -0.2) is 22.6 Å². The van der Waals surface area contributed by atoms with E-state index in [2.05, 4.69) is 11.6 Å². The predicted octanol–water partition coefficient (Wildman–Crippen LogP) is 3.66. The van der Waals surface area contributed by atoms with Crippen LogP contribution in [0.1, 0.15) is 12.5 Å². The molecule has 19 heavy (non-hydrogen) atoms. The summed E-state index contributed by atoms with van der Waals surface area (Å²) in [6, 6.07) is 1.72. The Balaban J connectivity index is 2.27. The molecule has 1 aromatic rings. The molecule has 0 unspecified atom stereocenters. The minimum Gasteiger partial charge on any atom is -0.329 e. The van der Waals surface area contributed by atoms with Gasteiger partial charge in [0.15, 0.2) is 23.3 Å². The lowest BCUT2D eigenvalue weighted by Crippen LogP contribution is -2.26. The van der Waals surface area contributed by atoms with Crippen LogP contribution in [0.25, 0.3) is 0 Å². The van der Waals surface area contributed by atoms with Crippen molar-refractivity contribution in [2.24, 2.45) is 4.99 Å². The van der Waals surface area contributed by atoms with Gasteiger partial charge in [0.2, 0.25) is 0 Å². The average molecular weight is 270 g/mol. The molecule has 0 aromatic heterocycles. The molecular formula is C13H10F4N2. The minimum atomic E-state index is -1.53. The molecule has 0 atom stereocenters. The van der Waals surface area contributed by atoms with Crippen LogP contribution in [0.3, 0.4) is 0 Å². The van der Waals surface area contributed by atoms with Gasteiger partial charge in [-0.3, -0.25) is 0 Å². The molecule has 1 aliphatic heterocycles. The number of aliphatic imine (C=N–C) groups is 1. The summed E-state index contributed by atoms with van der Waals surface area (Å²) in [6.45, 7) is 4.98. The van der Waals surface area contributed by atoms with Crippen molar-refractivity contribution in [3.63, 3.8) is 0 Å². The zero-order valence-corrected chi connectivity index (χ0v) is 10.1. The van der Waals surface area contributed by atoms with Crippen LogP contribution in [0.5, 0.6) is 0 Å². The molecule has 1 aromatic carbocycles. The van der Waals surface area contributed by atoms with Crippen molar-refractivity contribution >= 4 is 5.84 Å². The zero-order chi connectivity index (χ0) is 14.2. The molecule has 100 valence electrons. The molecule has 0 saturated carbocycles. The van der Waals surface area contributed by atoms with E-state index in [0.29, 0.717) is 5.84 Å². The van der Waals surface area contributed by atoms with Gasteiger partial charge in [-0.05, 0) is 24.6 Å². The number of halogens is 4. The second-order valence-electron chi connectivity index (χ2n) is 4.08. The molecule has 0 radical (unpaired) electrons. The fourth-order valence-electron chi connectivity index (χ4n) is 1.67. The molecule has 0 saturated heterocycles. The summed E-state index contributed by atoms with van der Waals surface area (Å²) >= 11 is 0. The summed E-state index contributed by atoms with van der Waals surface area (Å²) in [5, 5.41) is 0. The van der Waals surface area contributed by atoms with Gasteiger partial charge >= 0.3 is 0 Å². The van der Waals surface area contributed by atoms with Crippen LogP contribution in [0.15, 0.2) is 41.4 Å². The lowest BCUT2D eigenvalue weighted by Gasteiger charge is -2.23. The fourth-order valence-corrected chi connectivity index (χ4v) is 1.67. The number of nitrogens with zero attached hydrogens (tertiary/aromatic N) is 2. The van der Waals surface area contributed by atoms with Gasteiger partial charge < -0.3 is 4.90 Å². The first kappa shape index (κ1) is 13.3. The van der Waals surface area contributed by atoms with E-state index < -0.39 is 23.3 Å².